The molecule has 20 heavy (non-hydrogen) atoms. The number of nitrogens with one attached hydrogen (secondary N) is 1. The zero-order valence-electron chi connectivity index (χ0n) is 10.5. The lowest BCUT2D eigenvalue weighted by Crippen LogP contribution is -2.49. The van der Waals surface area contributed by atoms with Gasteiger partial charge in [-0.3, -0.25) is 4.79 Å². The summed E-state index contributed by atoms with van der Waals surface area (Å²) >= 11 is 6.56. The Hall–Kier alpha value is -1.12. The number of rotatable bonds is 6. The van der Waals surface area contributed by atoms with Gasteiger partial charge in [0, 0.05) is 4.47 Å². The second-order valence-corrected chi connectivity index (χ2v) is 5.76. The van der Waals surface area contributed by atoms with Gasteiger partial charge in [0.2, 0.25) is 0 Å². The van der Waals surface area contributed by atoms with Crippen molar-refractivity contribution >= 4 is 43.7 Å². The van der Waals surface area contributed by atoms with E-state index in [1.54, 1.807) is 18.2 Å². The van der Waals surface area contributed by atoms with Crippen LogP contribution in [0.3, 0.4) is 0 Å². The highest BCUT2D eigenvalue weighted by Gasteiger charge is 2.25. The van der Waals surface area contributed by atoms with Gasteiger partial charge in [-0.1, -0.05) is 15.9 Å². The SMILES string of the molecule is CC(O)C(NC(=O)COc1ccc(Br)cc1Br)C(=O)O. The first-order chi connectivity index (χ1) is 9.31. The van der Waals surface area contributed by atoms with E-state index in [0.717, 1.165) is 4.47 Å². The van der Waals surface area contributed by atoms with Crippen LogP contribution in [0.2, 0.25) is 0 Å². The molecule has 0 saturated heterocycles. The number of aliphatic carboxylic acids is 1. The summed E-state index contributed by atoms with van der Waals surface area (Å²) in [6.07, 6.45) is -1.20. The molecule has 8 heteroatoms. The van der Waals surface area contributed by atoms with Crippen molar-refractivity contribution in [3.05, 3.63) is 27.1 Å². The van der Waals surface area contributed by atoms with Gasteiger partial charge in [0.15, 0.2) is 12.6 Å². The fourth-order valence-electron chi connectivity index (χ4n) is 1.34. The summed E-state index contributed by atoms with van der Waals surface area (Å²) < 4.78 is 6.77. The average molecular weight is 411 g/mol. The lowest BCUT2D eigenvalue weighted by molar-refractivity contribution is -0.145. The number of carboxylic acids is 1. The summed E-state index contributed by atoms with van der Waals surface area (Å²) in [5, 5.41) is 20.2. The van der Waals surface area contributed by atoms with E-state index in [9.17, 15) is 14.7 Å². The predicted octanol–water partition coefficient (Wildman–Crippen LogP) is 1.54. The molecule has 0 aromatic heterocycles. The van der Waals surface area contributed by atoms with Crippen LogP contribution >= 0.6 is 31.9 Å². The van der Waals surface area contributed by atoms with E-state index >= 15 is 0 Å². The Bertz CT molecular complexity index is 507. The van der Waals surface area contributed by atoms with Crippen LogP contribution in [0.1, 0.15) is 6.92 Å². The van der Waals surface area contributed by atoms with Crippen molar-refractivity contribution in [3.8, 4) is 5.75 Å². The molecule has 0 heterocycles. The highest BCUT2D eigenvalue weighted by molar-refractivity contribution is 9.11. The molecule has 3 N–H and O–H groups in total. The summed E-state index contributed by atoms with van der Waals surface area (Å²) in [5.41, 5.74) is 0. The molecule has 0 radical (unpaired) electrons. The largest absolute Gasteiger partial charge is 0.483 e. The van der Waals surface area contributed by atoms with E-state index < -0.39 is 24.0 Å². The van der Waals surface area contributed by atoms with E-state index in [1.165, 1.54) is 6.92 Å². The normalized spacial score (nSPS) is 13.4. The van der Waals surface area contributed by atoms with E-state index in [1.807, 2.05) is 0 Å². The summed E-state index contributed by atoms with van der Waals surface area (Å²) in [7, 11) is 0. The molecule has 110 valence electrons. The molecule has 0 saturated carbocycles. The lowest BCUT2D eigenvalue weighted by Gasteiger charge is -2.17. The Kier molecular flexibility index (Phi) is 6.44. The number of carbonyl (C=O) groups excluding carboxylic acids is 1. The fraction of sp³-hybridized carbons (Fsp3) is 0.333. The maximum absolute atomic E-state index is 11.6. The molecule has 1 amide bonds. The minimum atomic E-state index is -1.36. The highest BCUT2D eigenvalue weighted by Crippen LogP contribution is 2.28. The predicted molar refractivity (Wildman–Crippen MR) is 78.6 cm³/mol. The first kappa shape index (κ1) is 16.9. The molecule has 0 aliphatic carbocycles. The van der Waals surface area contributed by atoms with Crippen LogP contribution in [0.4, 0.5) is 0 Å². The van der Waals surface area contributed by atoms with Crippen molar-refractivity contribution in [2.24, 2.45) is 0 Å². The van der Waals surface area contributed by atoms with Gasteiger partial charge in [0.1, 0.15) is 5.75 Å². The van der Waals surface area contributed by atoms with Crippen LogP contribution in [-0.2, 0) is 9.59 Å². The van der Waals surface area contributed by atoms with Gasteiger partial charge in [-0.25, -0.2) is 4.79 Å². The molecule has 0 aliphatic heterocycles. The van der Waals surface area contributed by atoms with Crippen LogP contribution in [0.5, 0.6) is 5.75 Å². The Morgan fingerprint density at radius 2 is 2.05 bits per heavy atom. The minimum absolute atomic E-state index is 0.350. The van der Waals surface area contributed by atoms with Crippen molar-refractivity contribution in [3.63, 3.8) is 0 Å². The molecular formula is C12H13Br2NO5. The number of aliphatic hydroxyl groups excluding tert-OH is 1. The number of hydrogen-bond acceptors (Lipinski definition) is 4. The maximum Gasteiger partial charge on any atom is 0.328 e. The average Bonchev–Trinajstić information content (AvgIpc) is 2.34. The summed E-state index contributed by atoms with van der Waals surface area (Å²) in [4.78, 5) is 22.4. The van der Waals surface area contributed by atoms with E-state index in [4.69, 9.17) is 9.84 Å². The third-order valence-corrected chi connectivity index (χ3v) is 3.43. The monoisotopic (exact) mass is 409 g/mol. The van der Waals surface area contributed by atoms with E-state index in [0.29, 0.717) is 10.2 Å². The molecule has 0 bridgehead atoms. The van der Waals surface area contributed by atoms with E-state index in [-0.39, 0.29) is 6.61 Å². The third kappa shape index (κ3) is 5.10. The Morgan fingerprint density at radius 1 is 1.40 bits per heavy atom. The number of carboxylic acid groups (broad SMARTS) is 1. The Morgan fingerprint density at radius 3 is 2.55 bits per heavy atom. The number of aliphatic hydroxyl groups is 1. The standard InChI is InChI=1S/C12H13Br2NO5/c1-6(16)11(12(18)19)15-10(17)5-20-9-3-2-7(13)4-8(9)14/h2-4,6,11,16H,5H2,1H3,(H,15,17)(H,18,19). The molecular weight excluding hydrogens is 398 g/mol. The topological polar surface area (TPSA) is 95.9 Å². The van der Waals surface area contributed by atoms with Crippen molar-refractivity contribution in [2.75, 3.05) is 6.61 Å². The smallest absolute Gasteiger partial charge is 0.328 e. The van der Waals surface area contributed by atoms with Gasteiger partial charge in [-0.2, -0.15) is 0 Å². The van der Waals surface area contributed by atoms with Gasteiger partial charge < -0.3 is 20.3 Å². The second-order valence-electron chi connectivity index (χ2n) is 3.99. The first-order valence-electron chi connectivity index (χ1n) is 5.59. The molecule has 1 aromatic carbocycles. The zero-order valence-corrected chi connectivity index (χ0v) is 13.6. The zero-order chi connectivity index (χ0) is 15.3. The number of hydrogen-bond donors (Lipinski definition) is 3. The van der Waals surface area contributed by atoms with E-state index in [2.05, 4.69) is 37.2 Å². The van der Waals surface area contributed by atoms with Crippen molar-refractivity contribution in [1.29, 1.82) is 0 Å². The number of benzene rings is 1. The number of halogens is 2. The first-order valence-corrected chi connectivity index (χ1v) is 7.18. The van der Waals surface area contributed by atoms with Crippen LogP contribution in [-0.4, -0.2) is 40.8 Å². The fourth-order valence-corrected chi connectivity index (χ4v) is 2.50. The van der Waals surface area contributed by atoms with Crippen LogP contribution < -0.4 is 10.1 Å². The number of ether oxygens (including phenoxy) is 1. The molecule has 2 unspecified atom stereocenters. The maximum atomic E-state index is 11.6. The summed E-state index contributed by atoms with van der Waals surface area (Å²) in [5.74, 6) is -1.49. The molecule has 2 atom stereocenters. The van der Waals surface area contributed by atoms with Gasteiger partial charge in [0.05, 0.1) is 10.6 Å². The third-order valence-electron chi connectivity index (χ3n) is 2.32. The minimum Gasteiger partial charge on any atom is -0.483 e. The molecule has 0 spiro atoms. The molecule has 1 aromatic rings. The van der Waals surface area contributed by atoms with Gasteiger partial charge >= 0.3 is 5.97 Å². The number of carbonyl (C=O) groups is 2. The van der Waals surface area contributed by atoms with Crippen molar-refractivity contribution in [1.82, 2.24) is 5.32 Å². The molecule has 0 aliphatic rings. The van der Waals surface area contributed by atoms with Crippen LogP contribution in [0.25, 0.3) is 0 Å². The molecule has 1 rings (SSSR count). The van der Waals surface area contributed by atoms with Crippen molar-refractivity contribution in [2.45, 2.75) is 19.1 Å². The van der Waals surface area contributed by atoms with Gasteiger partial charge in [0.25, 0.3) is 5.91 Å². The lowest BCUT2D eigenvalue weighted by atomic mass is 10.2. The van der Waals surface area contributed by atoms with Crippen molar-refractivity contribution < 1.29 is 24.5 Å². The second kappa shape index (κ2) is 7.61. The summed E-state index contributed by atoms with van der Waals surface area (Å²) in [6.45, 7) is 0.933. The van der Waals surface area contributed by atoms with Gasteiger partial charge in [-0.15, -0.1) is 0 Å². The Balaban J connectivity index is 2.57. The quantitative estimate of drug-likeness (QED) is 0.661. The Labute approximate surface area is 132 Å². The van der Waals surface area contributed by atoms with Crippen LogP contribution in [0, 0.1) is 0 Å². The molecule has 6 nitrogen and oxygen atoms in total. The van der Waals surface area contributed by atoms with Gasteiger partial charge in [-0.05, 0) is 41.1 Å². The van der Waals surface area contributed by atoms with Crippen LogP contribution in [0.15, 0.2) is 27.1 Å². The number of amides is 1. The summed E-state index contributed by atoms with van der Waals surface area (Å²) in [6, 6.07) is 3.79. The molecule has 0 fully saturated rings. The highest BCUT2D eigenvalue weighted by atomic mass is 79.9.